The predicted octanol–water partition coefficient (Wildman–Crippen LogP) is 2.19. The number of nitrogens with zero attached hydrogens (tertiary/aromatic N) is 1. The molecule has 0 radical (unpaired) electrons. The lowest BCUT2D eigenvalue weighted by Crippen LogP contribution is -2.36. The van der Waals surface area contributed by atoms with E-state index in [1.165, 1.54) is 7.05 Å². The third-order valence-electron chi connectivity index (χ3n) is 3.20. The highest BCUT2D eigenvalue weighted by Gasteiger charge is 2.16. The van der Waals surface area contributed by atoms with Gasteiger partial charge in [0.2, 0.25) is 0 Å². The van der Waals surface area contributed by atoms with Crippen molar-refractivity contribution in [1.29, 1.82) is 0 Å². The number of rotatable bonds is 3. The van der Waals surface area contributed by atoms with Crippen molar-refractivity contribution in [3.05, 3.63) is 48.0 Å². The largest absolute Gasteiger partial charge is 0.331 e. The van der Waals surface area contributed by atoms with Crippen LogP contribution < -0.4 is 20.6 Å². The van der Waals surface area contributed by atoms with Crippen LogP contribution in [0.15, 0.2) is 51.7 Å². The molecule has 2 rings (SSSR count). The van der Waals surface area contributed by atoms with E-state index in [1.807, 2.05) is 37.3 Å². The van der Waals surface area contributed by atoms with Crippen molar-refractivity contribution in [2.75, 3.05) is 12.4 Å². The third kappa shape index (κ3) is 4.29. The molecule has 0 aromatic heterocycles. The van der Waals surface area contributed by atoms with Crippen LogP contribution in [0.4, 0.5) is 10.5 Å². The fourth-order valence-electron chi connectivity index (χ4n) is 1.93. The Balaban J connectivity index is 2.24. The summed E-state index contributed by atoms with van der Waals surface area (Å²) < 4.78 is 19.3. The number of amides is 2. The van der Waals surface area contributed by atoms with Gasteiger partial charge in [0.1, 0.15) is 0 Å². The number of aryl methyl sites for hydroxylation is 1. The molecule has 0 spiro atoms. The Bertz CT molecular complexity index is 824. The summed E-state index contributed by atoms with van der Waals surface area (Å²) in [6.07, 6.45) is 0. The summed E-state index contributed by atoms with van der Waals surface area (Å²) in [6.45, 7) is 1.94. The molecule has 3 atom stereocenters. The van der Waals surface area contributed by atoms with Gasteiger partial charge in [0.25, 0.3) is 0 Å². The summed E-state index contributed by atoms with van der Waals surface area (Å²) in [5, 5.41) is 4.39. The van der Waals surface area contributed by atoms with Crippen LogP contribution in [0.1, 0.15) is 5.56 Å². The van der Waals surface area contributed by atoms with Gasteiger partial charge in [-0.25, -0.2) is 18.1 Å². The van der Waals surface area contributed by atoms with E-state index in [0.29, 0.717) is 10.6 Å². The second-order valence-corrected chi connectivity index (χ2v) is 8.23. The number of carbonyl (C=O) groups excluding carboxylic acids is 1. The van der Waals surface area contributed by atoms with Gasteiger partial charge in [0.15, 0.2) is 9.92 Å². The van der Waals surface area contributed by atoms with Crippen molar-refractivity contribution < 1.29 is 9.00 Å². The summed E-state index contributed by atoms with van der Waals surface area (Å²) >= 11 is 0. The first-order valence-corrected chi connectivity index (χ1v) is 9.47. The van der Waals surface area contributed by atoms with E-state index in [0.717, 1.165) is 16.2 Å². The van der Waals surface area contributed by atoms with Crippen LogP contribution in [0.5, 0.6) is 0 Å². The molecule has 2 amide bonds. The normalized spacial score (nSPS) is 13.0. The number of carbonyl (C=O) groups is 1. The second kappa shape index (κ2) is 7.39. The van der Waals surface area contributed by atoms with E-state index in [1.54, 1.807) is 12.1 Å². The fraction of sp³-hybridized carbons (Fsp3) is 0.133. The highest BCUT2D eigenvalue weighted by atomic mass is 32.2. The number of para-hydroxylation sites is 1. The molecule has 2 N–H and O–H groups in total. The molecule has 2 aromatic carbocycles. The van der Waals surface area contributed by atoms with E-state index < -0.39 is 15.9 Å². The second-order valence-electron chi connectivity index (χ2n) is 4.89. The Morgan fingerprint density at radius 3 is 2.17 bits per heavy atom. The van der Waals surface area contributed by atoms with Crippen molar-refractivity contribution in [2.24, 2.45) is 4.36 Å². The molecule has 0 saturated heterocycles. The molecule has 2 aromatic rings. The molecule has 23 heavy (non-hydrogen) atoms. The fourth-order valence-corrected chi connectivity index (χ4v) is 4.02. The number of anilines is 1. The number of hydrogen-bond donors (Lipinski definition) is 2. The van der Waals surface area contributed by atoms with Crippen molar-refractivity contribution in [2.45, 2.75) is 11.8 Å². The van der Waals surface area contributed by atoms with Gasteiger partial charge in [-0.05, 0) is 29.7 Å². The molecule has 5 nitrogen and oxygen atoms in total. The molecule has 0 aliphatic carbocycles. The SMILES string of the molecule is CN=S(=O)(NC(=O)Nc1c(P)cccc1P)c1ccc(C)cc1. The lowest BCUT2D eigenvalue weighted by Gasteiger charge is -2.15. The Hall–Kier alpha value is -1.48. The van der Waals surface area contributed by atoms with Crippen LogP contribution in [-0.2, 0) is 9.92 Å². The van der Waals surface area contributed by atoms with Gasteiger partial charge in [0.05, 0.1) is 10.6 Å². The highest BCUT2D eigenvalue weighted by Crippen LogP contribution is 2.13. The average Bonchev–Trinajstić information content (AvgIpc) is 2.51. The van der Waals surface area contributed by atoms with E-state index in [9.17, 15) is 9.00 Å². The minimum atomic E-state index is -3.02. The third-order valence-corrected chi connectivity index (χ3v) is 6.05. The van der Waals surface area contributed by atoms with Crippen molar-refractivity contribution >= 4 is 50.7 Å². The highest BCUT2D eigenvalue weighted by molar-refractivity contribution is 7.92. The molecular formula is C15H19N3O2P2S. The molecule has 3 unspecified atom stereocenters. The summed E-state index contributed by atoms with van der Waals surface area (Å²) in [6, 6.07) is 12.1. The Morgan fingerprint density at radius 2 is 1.65 bits per heavy atom. The maximum atomic E-state index is 12.9. The van der Waals surface area contributed by atoms with Crippen LogP contribution in [-0.4, -0.2) is 17.3 Å². The zero-order valence-corrected chi connectivity index (χ0v) is 16.0. The van der Waals surface area contributed by atoms with E-state index >= 15 is 0 Å². The van der Waals surface area contributed by atoms with Crippen LogP contribution in [0.2, 0.25) is 0 Å². The first kappa shape index (κ1) is 17.9. The van der Waals surface area contributed by atoms with Crippen LogP contribution >= 0.6 is 18.5 Å². The van der Waals surface area contributed by atoms with E-state index in [2.05, 4.69) is 32.9 Å². The Kier molecular flexibility index (Phi) is 5.74. The molecule has 0 saturated carbocycles. The van der Waals surface area contributed by atoms with Crippen molar-refractivity contribution in [3.63, 3.8) is 0 Å². The van der Waals surface area contributed by atoms with Gasteiger partial charge < -0.3 is 5.32 Å². The minimum absolute atomic E-state index is 0.464. The van der Waals surface area contributed by atoms with Gasteiger partial charge >= 0.3 is 6.03 Å². The zero-order chi connectivity index (χ0) is 17.0. The molecule has 0 heterocycles. The lowest BCUT2D eigenvalue weighted by atomic mass is 10.2. The van der Waals surface area contributed by atoms with Crippen LogP contribution in [0, 0.1) is 6.92 Å². The maximum Gasteiger partial charge on any atom is 0.331 e. The van der Waals surface area contributed by atoms with Gasteiger partial charge in [-0.3, -0.25) is 0 Å². The predicted molar refractivity (Wildman–Crippen MR) is 103 cm³/mol. The van der Waals surface area contributed by atoms with Gasteiger partial charge in [-0.2, -0.15) is 0 Å². The smallest absolute Gasteiger partial charge is 0.306 e. The van der Waals surface area contributed by atoms with Crippen LogP contribution in [0.25, 0.3) is 0 Å². The standard InChI is InChI=1S/C15H19N3O2P2S/c1-10-6-8-11(9-7-10)23(20,16-2)18-15(19)17-14-12(21)4-3-5-13(14)22/h3-9H,21-22H2,1-2H3,(H2,16,17,18,19,20). The monoisotopic (exact) mass is 367 g/mol. The number of hydrogen-bond acceptors (Lipinski definition) is 3. The van der Waals surface area contributed by atoms with Gasteiger partial charge in [-0.15, -0.1) is 18.5 Å². The molecule has 122 valence electrons. The Labute approximate surface area is 141 Å². The molecule has 0 aliphatic heterocycles. The molecule has 8 heteroatoms. The number of benzene rings is 2. The first-order valence-electron chi connectivity index (χ1n) is 6.80. The summed E-state index contributed by atoms with van der Waals surface area (Å²) in [5.74, 6) is 0. The maximum absolute atomic E-state index is 12.9. The summed E-state index contributed by atoms with van der Waals surface area (Å²) in [4.78, 5) is 12.7. The van der Waals surface area contributed by atoms with Crippen molar-refractivity contribution in [3.8, 4) is 0 Å². The van der Waals surface area contributed by atoms with E-state index in [4.69, 9.17) is 0 Å². The quantitative estimate of drug-likeness (QED) is 0.817. The zero-order valence-electron chi connectivity index (χ0n) is 12.9. The topological polar surface area (TPSA) is 70.6 Å². The van der Waals surface area contributed by atoms with Gasteiger partial charge in [-0.1, -0.05) is 35.9 Å². The van der Waals surface area contributed by atoms with Crippen molar-refractivity contribution in [1.82, 2.24) is 4.72 Å². The number of nitrogens with one attached hydrogen (secondary N) is 2. The Morgan fingerprint density at radius 1 is 1.09 bits per heavy atom. The van der Waals surface area contributed by atoms with E-state index in [-0.39, 0.29) is 0 Å². The minimum Gasteiger partial charge on any atom is -0.306 e. The van der Waals surface area contributed by atoms with Gasteiger partial charge in [0, 0.05) is 7.05 Å². The van der Waals surface area contributed by atoms with Crippen LogP contribution in [0.3, 0.4) is 0 Å². The molecular weight excluding hydrogens is 348 g/mol. The summed E-state index contributed by atoms with van der Waals surface area (Å²) in [7, 11) is 3.51. The molecule has 0 aliphatic rings. The summed E-state index contributed by atoms with van der Waals surface area (Å²) in [5.41, 5.74) is 1.68. The average molecular weight is 367 g/mol. The lowest BCUT2D eigenvalue weighted by molar-refractivity contribution is 0.257. The first-order chi connectivity index (χ1) is 10.9. The number of urea groups is 1. The molecule has 0 bridgehead atoms. The molecule has 0 fully saturated rings.